The quantitative estimate of drug-likeness (QED) is 0.181. The van der Waals surface area contributed by atoms with Gasteiger partial charge in [0.05, 0.1) is 11.4 Å². The van der Waals surface area contributed by atoms with Crippen molar-refractivity contribution >= 4 is 27.8 Å². The highest BCUT2D eigenvalue weighted by Crippen LogP contribution is 2.56. The lowest BCUT2D eigenvalue weighted by Gasteiger charge is -2.30. The Hall–Kier alpha value is -6.18. The van der Waals surface area contributed by atoms with E-state index < -0.39 is 0 Å². The maximum atomic E-state index is 2.51. The molecule has 0 spiro atoms. The average molecular weight is 638 g/mol. The van der Waals surface area contributed by atoms with Crippen LogP contribution in [0, 0.1) is 0 Å². The summed E-state index contributed by atoms with van der Waals surface area (Å²) in [5.74, 6) is 0. The van der Waals surface area contributed by atoms with Crippen LogP contribution in [0.15, 0.2) is 176 Å². The number of fused-ring (bicyclic) bond motifs is 6. The van der Waals surface area contributed by atoms with Crippen LogP contribution in [-0.2, 0) is 5.41 Å². The van der Waals surface area contributed by atoms with Gasteiger partial charge in [-0.05, 0) is 90.8 Å². The van der Waals surface area contributed by atoms with E-state index in [1.165, 1.54) is 88.9 Å². The lowest BCUT2D eigenvalue weighted by molar-refractivity contribution is 0.660. The number of anilines is 3. The zero-order valence-corrected chi connectivity index (χ0v) is 28.2. The Morgan fingerprint density at radius 3 is 1.58 bits per heavy atom. The Labute approximate surface area is 293 Å². The number of nitrogens with zero attached hydrogens (tertiary/aromatic N) is 1. The second-order valence-corrected chi connectivity index (χ2v) is 14.1. The van der Waals surface area contributed by atoms with Crippen LogP contribution in [-0.4, -0.2) is 0 Å². The molecule has 0 heterocycles. The van der Waals surface area contributed by atoms with Gasteiger partial charge in [0.15, 0.2) is 0 Å². The number of hydrogen-bond donors (Lipinski definition) is 0. The van der Waals surface area contributed by atoms with Gasteiger partial charge in [-0.25, -0.2) is 0 Å². The van der Waals surface area contributed by atoms with Crippen LogP contribution in [0.5, 0.6) is 0 Å². The van der Waals surface area contributed by atoms with Crippen LogP contribution in [0.25, 0.3) is 66.4 Å². The molecule has 10 rings (SSSR count). The molecule has 8 aromatic rings. The van der Waals surface area contributed by atoms with E-state index in [9.17, 15) is 0 Å². The fourth-order valence-electron chi connectivity index (χ4n) is 8.61. The first-order valence-electron chi connectivity index (χ1n) is 17.5. The second-order valence-electron chi connectivity index (χ2n) is 14.1. The lowest BCUT2D eigenvalue weighted by Crippen LogP contribution is -2.16. The van der Waals surface area contributed by atoms with Crippen molar-refractivity contribution in [1.29, 1.82) is 0 Å². The van der Waals surface area contributed by atoms with Crippen molar-refractivity contribution in [3.8, 4) is 55.6 Å². The van der Waals surface area contributed by atoms with Crippen molar-refractivity contribution < 1.29 is 0 Å². The van der Waals surface area contributed by atoms with Gasteiger partial charge in [0.1, 0.15) is 0 Å². The predicted octanol–water partition coefficient (Wildman–Crippen LogP) is 13.6. The van der Waals surface area contributed by atoms with Crippen molar-refractivity contribution in [2.45, 2.75) is 19.3 Å². The van der Waals surface area contributed by atoms with Gasteiger partial charge in [-0.3, -0.25) is 0 Å². The zero-order chi connectivity index (χ0) is 33.4. The van der Waals surface area contributed by atoms with Crippen molar-refractivity contribution in [2.75, 3.05) is 4.90 Å². The standard InChI is InChI=1S/C49H35N/c1-49(2)43-19-9-8-16-41(43)48-44(49)20-11-21-46(48)50(45-31-30-40-38-15-7-6-14-37(38)39-17-10-18-42(45)47(39)40)36-28-26-35(27-29-36)34-24-22-33(23-25-34)32-12-4-3-5-13-32/h3-31H,1-2H3. The van der Waals surface area contributed by atoms with Gasteiger partial charge < -0.3 is 4.90 Å². The first-order chi connectivity index (χ1) is 24.6. The van der Waals surface area contributed by atoms with Crippen LogP contribution in [0.2, 0.25) is 0 Å². The third-order valence-corrected chi connectivity index (χ3v) is 11.0. The van der Waals surface area contributed by atoms with Gasteiger partial charge in [-0.1, -0.05) is 166 Å². The molecule has 1 nitrogen and oxygen atoms in total. The van der Waals surface area contributed by atoms with E-state index in [4.69, 9.17) is 0 Å². The molecule has 2 aliphatic rings. The lowest BCUT2D eigenvalue weighted by atomic mass is 9.82. The van der Waals surface area contributed by atoms with E-state index in [0.29, 0.717) is 0 Å². The predicted molar refractivity (Wildman–Crippen MR) is 211 cm³/mol. The van der Waals surface area contributed by atoms with Crippen molar-refractivity contribution in [3.63, 3.8) is 0 Å². The van der Waals surface area contributed by atoms with E-state index in [1.807, 2.05) is 0 Å². The molecule has 0 fully saturated rings. The molecule has 236 valence electrons. The van der Waals surface area contributed by atoms with Crippen molar-refractivity contribution in [3.05, 3.63) is 187 Å². The van der Waals surface area contributed by atoms with Crippen LogP contribution in [0.4, 0.5) is 17.1 Å². The molecule has 0 atom stereocenters. The van der Waals surface area contributed by atoms with Gasteiger partial charge in [0, 0.05) is 22.1 Å². The Balaban J connectivity index is 1.16. The molecule has 0 aromatic heterocycles. The normalized spacial score (nSPS) is 13.2. The van der Waals surface area contributed by atoms with Crippen LogP contribution in [0.1, 0.15) is 25.0 Å². The molecule has 0 saturated carbocycles. The summed E-state index contributed by atoms with van der Waals surface area (Å²) in [4.78, 5) is 2.51. The third kappa shape index (κ3) is 4.20. The minimum atomic E-state index is -0.0902. The minimum absolute atomic E-state index is 0.0902. The largest absolute Gasteiger partial charge is 0.309 e. The summed E-state index contributed by atoms with van der Waals surface area (Å²) >= 11 is 0. The van der Waals surface area contributed by atoms with Crippen LogP contribution in [0.3, 0.4) is 0 Å². The number of benzene rings is 8. The fourth-order valence-corrected chi connectivity index (χ4v) is 8.61. The fraction of sp³-hybridized carbons (Fsp3) is 0.0612. The number of hydrogen-bond acceptors (Lipinski definition) is 1. The molecule has 0 unspecified atom stereocenters. The highest BCUT2D eigenvalue weighted by atomic mass is 15.1. The average Bonchev–Trinajstić information content (AvgIpc) is 3.63. The Morgan fingerprint density at radius 2 is 0.880 bits per heavy atom. The van der Waals surface area contributed by atoms with Crippen molar-refractivity contribution in [1.82, 2.24) is 0 Å². The first-order valence-corrected chi connectivity index (χ1v) is 17.5. The Kier molecular flexibility index (Phi) is 6.29. The van der Waals surface area contributed by atoms with Crippen LogP contribution < -0.4 is 4.90 Å². The molecular weight excluding hydrogens is 603 g/mol. The molecule has 0 saturated heterocycles. The summed E-state index contributed by atoms with van der Waals surface area (Å²) in [5, 5.41) is 2.60. The smallest absolute Gasteiger partial charge is 0.0543 e. The van der Waals surface area contributed by atoms with Gasteiger partial charge in [0.2, 0.25) is 0 Å². The molecule has 50 heavy (non-hydrogen) atoms. The molecule has 8 aromatic carbocycles. The molecule has 0 amide bonds. The topological polar surface area (TPSA) is 3.24 Å². The van der Waals surface area contributed by atoms with Gasteiger partial charge in [-0.15, -0.1) is 0 Å². The monoisotopic (exact) mass is 637 g/mol. The summed E-state index contributed by atoms with van der Waals surface area (Å²) in [7, 11) is 0. The van der Waals surface area contributed by atoms with E-state index in [0.717, 1.165) is 5.69 Å². The summed E-state index contributed by atoms with van der Waals surface area (Å²) in [5.41, 5.74) is 19.0. The first kappa shape index (κ1) is 28.8. The zero-order valence-electron chi connectivity index (χ0n) is 28.2. The van der Waals surface area contributed by atoms with E-state index in [2.05, 4.69) is 195 Å². The molecule has 0 bridgehead atoms. The highest BCUT2D eigenvalue weighted by molar-refractivity contribution is 6.19. The third-order valence-electron chi connectivity index (χ3n) is 11.0. The SMILES string of the molecule is CC1(C)c2ccccc2-c2c(N(c3ccc(-c4ccc(-c5ccccc5)cc4)cc3)c3ccc4c5c(cccc35)-c3ccccc3-4)cccc21. The molecule has 2 aliphatic carbocycles. The Bertz CT molecular complexity index is 2560. The summed E-state index contributed by atoms with van der Waals surface area (Å²) in [6.07, 6.45) is 0. The van der Waals surface area contributed by atoms with E-state index in [1.54, 1.807) is 0 Å². The summed E-state index contributed by atoms with van der Waals surface area (Å²) in [6, 6.07) is 64.8. The summed E-state index contributed by atoms with van der Waals surface area (Å²) in [6.45, 7) is 4.72. The second kappa shape index (κ2) is 10.9. The molecule has 0 N–H and O–H groups in total. The molecule has 0 aliphatic heterocycles. The Morgan fingerprint density at radius 1 is 0.360 bits per heavy atom. The molecular formula is C49H35N. The maximum Gasteiger partial charge on any atom is 0.0543 e. The van der Waals surface area contributed by atoms with Gasteiger partial charge in [0.25, 0.3) is 0 Å². The number of rotatable bonds is 5. The van der Waals surface area contributed by atoms with E-state index in [-0.39, 0.29) is 5.41 Å². The minimum Gasteiger partial charge on any atom is -0.309 e. The van der Waals surface area contributed by atoms with Crippen molar-refractivity contribution in [2.24, 2.45) is 0 Å². The van der Waals surface area contributed by atoms with Gasteiger partial charge >= 0.3 is 0 Å². The van der Waals surface area contributed by atoms with Gasteiger partial charge in [-0.2, -0.15) is 0 Å². The maximum absolute atomic E-state index is 2.51. The van der Waals surface area contributed by atoms with E-state index >= 15 is 0 Å². The molecule has 0 radical (unpaired) electrons. The van der Waals surface area contributed by atoms with Crippen LogP contribution >= 0.6 is 0 Å². The summed E-state index contributed by atoms with van der Waals surface area (Å²) < 4.78 is 0. The highest BCUT2D eigenvalue weighted by Gasteiger charge is 2.38. The molecule has 1 heteroatoms.